The highest BCUT2D eigenvalue weighted by Crippen LogP contribution is 2.36. The van der Waals surface area contributed by atoms with Gasteiger partial charge in [-0.3, -0.25) is 4.79 Å². The van der Waals surface area contributed by atoms with Crippen molar-refractivity contribution in [3.8, 4) is 0 Å². The molecule has 0 aromatic rings. The summed E-state index contributed by atoms with van der Waals surface area (Å²) in [6.07, 6.45) is 9.04. The van der Waals surface area contributed by atoms with Crippen molar-refractivity contribution < 1.29 is 4.79 Å². The zero-order chi connectivity index (χ0) is 12.4. The third-order valence-corrected chi connectivity index (χ3v) is 4.96. The van der Waals surface area contributed by atoms with Crippen LogP contribution >= 0.6 is 0 Å². The molecule has 2 aliphatic carbocycles. The van der Waals surface area contributed by atoms with E-state index < -0.39 is 0 Å². The molecular weight excluding hydrogens is 208 g/mol. The monoisotopic (exact) mass is 234 g/mol. The van der Waals surface area contributed by atoms with Gasteiger partial charge in [0.2, 0.25) is 0 Å². The third kappa shape index (κ3) is 3.00. The van der Waals surface area contributed by atoms with Gasteiger partial charge in [0.15, 0.2) is 5.78 Å². The summed E-state index contributed by atoms with van der Waals surface area (Å²) in [5.74, 6) is 3.12. The molecule has 0 radical (unpaired) electrons. The molecule has 4 atom stereocenters. The fourth-order valence-electron chi connectivity index (χ4n) is 3.24. The second kappa shape index (κ2) is 5.37. The number of allylic oxidation sites excluding steroid dienone is 2. The number of carbonyl (C=O) groups excluding carboxylic acids is 1. The van der Waals surface area contributed by atoms with E-state index in [1.807, 2.05) is 0 Å². The summed E-state index contributed by atoms with van der Waals surface area (Å²) in [4.78, 5) is 12.4. The van der Waals surface area contributed by atoms with Gasteiger partial charge in [0.25, 0.3) is 0 Å². The molecular formula is C16H26O. The Labute approximate surface area is 106 Å². The molecule has 0 aromatic heterocycles. The molecule has 0 N–H and O–H groups in total. The summed E-state index contributed by atoms with van der Waals surface area (Å²) in [6.45, 7) is 6.91. The van der Waals surface area contributed by atoms with E-state index >= 15 is 0 Å². The first-order valence-electron chi connectivity index (χ1n) is 7.31. The Morgan fingerprint density at radius 3 is 2.47 bits per heavy atom. The normalized spacial score (nSPS) is 38.6. The van der Waals surface area contributed by atoms with Gasteiger partial charge in [-0.2, -0.15) is 0 Å². The number of hydrogen-bond donors (Lipinski definition) is 0. The molecule has 1 saturated carbocycles. The second-order valence-electron chi connectivity index (χ2n) is 6.44. The van der Waals surface area contributed by atoms with Crippen molar-refractivity contribution >= 4 is 5.78 Å². The van der Waals surface area contributed by atoms with Crippen molar-refractivity contribution in [3.05, 3.63) is 11.6 Å². The highest BCUT2D eigenvalue weighted by molar-refractivity contribution is 5.97. The molecule has 1 heteroatoms. The number of Topliss-reactive ketones (excluding diaryl/α,β-unsaturated/α-hetero) is 1. The highest BCUT2D eigenvalue weighted by atomic mass is 16.1. The second-order valence-corrected chi connectivity index (χ2v) is 6.44. The Kier molecular flexibility index (Phi) is 4.06. The van der Waals surface area contributed by atoms with Gasteiger partial charge in [-0.25, -0.2) is 0 Å². The lowest BCUT2D eigenvalue weighted by molar-refractivity contribution is -0.121. The van der Waals surface area contributed by atoms with Gasteiger partial charge in [-0.15, -0.1) is 0 Å². The summed E-state index contributed by atoms with van der Waals surface area (Å²) in [6, 6.07) is 0. The number of hydrogen-bond acceptors (Lipinski definition) is 1. The van der Waals surface area contributed by atoms with E-state index in [9.17, 15) is 4.79 Å². The maximum Gasteiger partial charge on any atom is 0.161 e. The van der Waals surface area contributed by atoms with Gasteiger partial charge in [0, 0.05) is 5.92 Å². The molecule has 0 amide bonds. The average Bonchev–Trinajstić information content (AvgIpc) is 2.33. The van der Waals surface area contributed by atoms with E-state index in [0.717, 1.165) is 49.0 Å². The van der Waals surface area contributed by atoms with E-state index in [2.05, 4.69) is 26.8 Å². The van der Waals surface area contributed by atoms with Crippen molar-refractivity contribution in [1.29, 1.82) is 0 Å². The Morgan fingerprint density at radius 2 is 1.88 bits per heavy atom. The van der Waals surface area contributed by atoms with Crippen LogP contribution in [0.5, 0.6) is 0 Å². The van der Waals surface area contributed by atoms with Crippen LogP contribution in [0.4, 0.5) is 0 Å². The largest absolute Gasteiger partial charge is 0.294 e. The van der Waals surface area contributed by atoms with Gasteiger partial charge in [0.05, 0.1) is 0 Å². The van der Waals surface area contributed by atoms with Crippen LogP contribution in [-0.2, 0) is 4.79 Å². The number of ketones is 1. The number of rotatable bonds is 2. The molecule has 0 bridgehead atoms. The quantitative estimate of drug-likeness (QED) is 0.693. The first kappa shape index (κ1) is 12.9. The van der Waals surface area contributed by atoms with Gasteiger partial charge in [-0.1, -0.05) is 26.8 Å². The van der Waals surface area contributed by atoms with Gasteiger partial charge >= 0.3 is 0 Å². The van der Waals surface area contributed by atoms with Gasteiger partial charge < -0.3 is 0 Å². The minimum Gasteiger partial charge on any atom is -0.294 e. The van der Waals surface area contributed by atoms with Crippen molar-refractivity contribution in [1.82, 2.24) is 0 Å². The van der Waals surface area contributed by atoms with Crippen LogP contribution in [0.15, 0.2) is 11.6 Å². The fraction of sp³-hybridized carbons (Fsp3) is 0.812. The van der Waals surface area contributed by atoms with Crippen LogP contribution < -0.4 is 0 Å². The van der Waals surface area contributed by atoms with E-state index in [4.69, 9.17) is 0 Å². The van der Waals surface area contributed by atoms with Crippen molar-refractivity contribution in [2.45, 2.75) is 59.3 Å². The lowest BCUT2D eigenvalue weighted by Gasteiger charge is -2.32. The summed E-state index contributed by atoms with van der Waals surface area (Å²) in [5.41, 5.74) is 1.15. The lowest BCUT2D eigenvalue weighted by Crippen LogP contribution is -2.28. The Morgan fingerprint density at radius 1 is 1.12 bits per heavy atom. The van der Waals surface area contributed by atoms with Gasteiger partial charge in [0.1, 0.15) is 0 Å². The third-order valence-electron chi connectivity index (χ3n) is 4.96. The van der Waals surface area contributed by atoms with Crippen LogP contribution in [0.1, 0.15) is 59.3 Å². The van der Waals surface area contributed by atoms with E-state index in [1.54, 1.807) is 0 Å². The van der Waals surface area contributed by atoms with Crippen LogP contribution in [0.2, 0.25) is 0 Å². The van der Waals surface area contributed by atoms with Crippen LogP contribution in [0.3, 0.4) is 0 Å². The lowest BCUT2D eigenvalue weighted by atomic mass is 9.72. The molecule has 0 aliphatic heterocycles. The topological polar surface area (TPSA) is 17.1 Å². The maximum absolute atomic E-state index is 12.4. The molecule has 0 heterocycles. The zero-order valence-corrected chi connectivity index (χ0v) is 11.5. The molecule has 1 nitrogen and oxygen atoms in total. The summed E-state index contributed by atoms with van der Waals surface area (Å²) < 4.78 is 0. The van der Waals surface area contributed by atoms with Crippen molar-refractivity contribution in [2.75, 3.05) is 0 Å². The molecule has 0 aromatic carbocycles. The summed E-state index contributed by atoms with van der Waals surface area (Å²) in [7, 11) is 0. The van der Waals surface area contributed by atoms with E-state index in [-0.39, 0.29) is 0 Å². The highest BCUT2D eigenvalue weighted by Gasteiger charge is 2.31. The molecule has 4 unspecified atom stereocenters. The standard InChI is InChI=1S/C16H26O/c1-11-4-7-14(8-5-11)16(17)15-9-6-12(2)13(3)10-15/h7,11-13,15H,4-6,8-10H2,1-3H3. The average molecular weight is 234 g/mol. The fourth-order valence-corrected chi connectivity index (χ4v) is 3.24. The molecule has 0 spiro atoms. The van der Waals surface area contributed by atoms with E-state index in [1.165, 1.54) is 12.8 Å². The summed E-state index contributed by atoms with van der Waals surface area (Å²) in [5, 5.41) is 0. The molecule has 0 saturated heterocycles. The summed E-state index contributed by atoms with van der Waals surface area (Å²) >= 11 is 0. The first-order valence-corrected chi connectivity index (χ1v) is 7.31. The first-order chi connectivity index (χ1) is 8.08. The van der Waals surface area contributed by atoms with Crippen molar-refractivity contribution in [3.63, 3.8) is 0 Å². The maximum atomic E-state index is 12.4. The Hall–Kier alpha value is -0.590. The minimum atomic E-state index is 0.334. The SMILES string of the molecule is CC1CC=C(C(=O)C2CCC(C)C(C)C2)CC1. The van der Waals surface area contributed by atoms with E-state index in [0.29, 0.717) is 11.7 Å². The molecule has 96 valence electrons. The zero-order valence-electron chi connectivity index (χ0n) is 11.5. The van der Waals surface area contributed by atoms with Crippen LogP contribution in [0, 0.1) is 23.7 Å². The van der Waals surface area contributed by atoms with Crippen LogP contribution in [-0.4, -0.2) is 5.78 Å². The molecule has 2 rings (SSSR count). The predicted molar refractivity (Wildman–Crippen MR) is 71.8 cm³/mol. The van der Waals surface area contributed by atoms with Crippen LogP contribution in [0.25, 0.3) is 0 Å². The Bertz CT molecular complexity index is 315. The van der Waals surface area contributed by atoms with Crippen molar-refractivity contribution in [2.24, 2.45) is 23.7 Å². The predicted octanol–water partition coefficient (Wildman–Crippen LogP) is 4.37. The molecule has 2 aliphatic rings. The number of carbonyl (C=O) groups is 1. The Balaban J connectivity index is 1.96. The van der Waals surface area contributed by atoms with Gasteiger partial charge in [-0.05, 0) is 61.9 Å². The smallest absolute Gasteiger partial charge is 0.161 e. The molecule has 17 heavy (non-hydrogen) atoms. The molecule has 1 fully saturated rings. The minimum absolute atomic E-state index is 0.334.